The van der Waals surface area contributed by atoms with Crippen LogP contribution in [0.3, 0.4) is 0 Å². The minimum atomic E-state index is -0.231. The average Bonchev–Trinajstić information content (AvgIpc) is 2.60. The van der Waals surface area contributed by atoms with Crippen LogP contribution < -0.4 is 5.73 Å². The van der Waals surface area contributed by atoms with E-state index in [9.17, 15) is 0 Å². The summed E-state index contributed by atoms with van der Waals surface area (Å²) in [5.74, 6) is 1.66. The molecule has 1 aromatic carbocycles. The molecular formula is C13H19NOS. The Hall–Kier alpha value is -0.510. The molecule has 1 atom stereocenters. The lowest BCUT2D eigenvalue weighted by molar-refractivity contribution is 0.0896. The number of nitrogens with two attached hydrogens (primary N) is 1. The first kappa shape index (κ1) is 12.0. The quantitative estimate of drug-likeness (QED) is 0.874. The van der Waals surface area contributed by atoms with Crippen molar-refractivity contribution in [3.63, 3.8) is 0 Å². The van der Waals surface area contributed by atoms with E-state index >= 15 is 0 Å². The van der Waals surface area contributed by atoms with Crippen molar-refractivity contribution in [3.05, 3.63) is 29.8 Å². The topological polar surface area (TPSA) is 35.2 Å². The fourth-order valence-corrected chi connectivity index (χ4v) is 3.06. The summed E-state index contributed by atoms with van der Waals surface area (Å²) in [6.45, 7) is 5.38. The first-order valence-electron chi connectivity index (χ1n) is 5.64. The summed E-state index contributed by atoms with van der Waals surface area (Å²) in [6, 6.07) is 8.59. The number of ether oxygens (including phenoxy) is 1. The van der Waals surface area contributed by atoms with Gasteiger partial charge >= 0.3 is 0 Å². The summed E-state index contributed by atoms with van der Waals surface area (Å²) in [5, 5.41) is 0. The molecule has 0 bridgehead atoms. The molecule has 1 aromatic rings. The maximum atomic E-state index is 5.88. The Morgan fingerprint density at radius 2 is 2.19 bits per heavy atom. The van der Waals surface area contributed by atoms with Gasteiger partial charge in [0, 0.05) is 22.1 Å². The van der Waals surface area contributed by atoms with E-state index in [0.717, 1.165) is 12.4 Å². The Labute approximate surface area is 102 Å². The highest BCUT2D eigenvalue weighted by atomic mass is 32.2. The third kappa shape index (κ3) is 3.00. The van der Waals surface area contributed by atoms with Gasteiger partial charge in [0.05, 0.1) is 13.2 Å². The van der Waals surface area contributed by atoms with Gasteiger partial charge in [-0.15, -0.1) is 11.8 Å². The maximum Gasteiger partial charge on any atom is 0.0641 e. The first-order chi connectivity index (χ1) is 7.56. The lowest BCUT2D eigenvalue weighted by Crippen LogP contribution is -2.37. The zero-order valence-corrected chi connectivity index (χ0v) is 10.7. The van der Waals surface area contributed by atoms with Crippen molar-refractivity contribution in [2.75, 3.05) is 19.0 Å². The van der Waals surface area contributed by atoms with Crippen molar-refractivity contribution in [1.82, 2.24) is 0 Å². The van der Waals surface area contributed by atoms with Gasteiger partial charge in [0.2, 0.25) is 0 Å². The second-order valence-electron chi connectivity index (χ2n) is 5.05. The average molecular weight is 237 g/mol. The predicted octanol–water partition coefficient (Wildman–Crippen LogP) is 2.63. The monoisotopic (exact) mass is 237 g/mol. The van der Waals surface area contributed by atoms with Crippen LogP contribution in [0, 0.1) is 0 Å². The summed E-state index contributed by atoms with van der Waals surface area (Å²) < 4.78 is 5.70. The van der Waals surface area contributed by atoms with Crippen molar-refractivity contribution in [3.8, 4) is 0 Å². The molecule has 1 unspecified atom stereocenters. The molecule has 1 aliphatic rings. The SMILES string of the molecule is CC(C)(N)COCC1CSc2ccccc21. The van der Waals surface area contributed by atoms with Gasteiger partial charge in [0.1, 0.15) is 0 Å². The Bertz CT molecular complexity index is 359. The largest absolute Gasteiger partial charge is 0.379 e. The fourth-order valence-electron chi connectivity index (χ4n) is 1.83. The summed E-state index contributed by atoms with van der Waals surface area (Å²) in [6.07, 6.45) is 0. The molecule has 0 amide bonds. The Kier molecular flexibility index (Phi) is 3.57. The van der Waals surface area contributed by atoms with E-state index in [1.807, 2.05) is 25.6 Å². The van der Waals surface area contributed by atoms with Crippen molar-refractivity contribution < 1.29 is 4.74 Å². The maximum absolute atomic E-state index is 5.88. The lowest BCUT2D eigenvalue weighted by atomic mass is 10.0. The number of rotatable bonds is 4. The minimum Gasteiger partial charge on any atom is -0.379 e. The molecule has 1 aliphatic heterocycles. The minimum absolute atomic E-state index is 0.231. The summed E-state index contributed by atoms with van der Waals surface area (Å²) in [7, 11) is 0. The standard InChI is InChI=1S/C13H19NOS/c1-13(2,14)9-15-7-10-8-16-12-6-4-3-5-11(10)12/h3-6,10H,7-9,14H2,1-2H3. The Morgan fingerprint density at radius 3 is 2.94 bits per heavy atom. The van der Waals surface area contributed by atoms with Crippen molar-refractivity contribution in [1.29, 1.82) is 0 Å². The third-order valence-corrected chi connectivity index (χ3v) is 3.84. The highest BCUT2D eigenvalue weighted by molar-refractivity contribution is 7.99. The molecule has 88 valence electrons. The summed E-state index contributed by atoms with van der Waals surface area (Å²) in [5.41, 5.74) is 7.09. The van der Waals surface area contributed by atoms with Crippen LogP contribution in [-0.2, 0) is 4.74 Å². The zero-order valence-electron chi connectivity index (χ0n) is 9.90. The smallest absolute Gasteiger partial charge is 0.0641 e. The van der Waals surface area contributed by atoms with E-state index < -0.39 is 0 Å². The second kappa shape index (κ2) is 4.78. The Morgan fingerprint density at radius 1 is 1.44 bits per heavy atom. The molecule has 0 saturated carbocycles. The molecule has 16 heavy (non-hydrogen) atoms. The molecule has 0 radical (unpaired) electrons. The molecule has 3 heteroatoms. The molecule has 1 heterocycles. The van der Waals surface area contributed by atoms with Gasteiger partial charge in [-0.1, -0.05) is 18.2 Å². The van der Waals surface area contributed by atoms with Crippen LogP contribution >= 0.6 is 11.8 Å². The highest BCUT2D eigenvalue weighted by Gasteiger charge is 2.23. The zero-order chi connectivity index (χ0) is 11.6. The van der Waals surface area contributed by atoms with Gasteiger partial charge in [0.15, 0.2) is 0 Å². The molecule has 2 N–H and O–H groups in total. The normalized spacial score (nSPS) is 19.8. The third-order valence-electron chi connectivity index (χ3n) is 2.59. The molecular weight excluding hydrogens is 218 g/mol. The van der Waals surface area contributed by atoms with Crippen LogP contribution in [-0.4, -0.2) is 24.5 Å². The van der Waals surface area contributed by atoms with Crippen LogP contribution in [0.15, 0.2) is 29.2 Å². The van der Waals surface area contributed by atoms with Gasteiger partial charge in [-0.2, -0.15) is 0 Å². The molecule has 2 nitrogen and oxygen atoms in total. The number of benzene rings is 1. The van der Waals surface area contributed by atoms with E-state index in [2.05, 4.69) is 24.3 Å². The van der Waals surface area contributed by atoms with E-state index in [4.69, 9.17) is 10.5 Å². The van der Waals surface area contributed by atoms with E-state index in [0.29, 0.717) is 12.5 Å². The first-order valence-corrected chi connectivity index (χ1v) is 6.63. The number of fused-ring (bicyclic) bond motifs is 1. The van der Waals surface area contributed by atoms with Crippen LogP contribution in [0.1, 0.15) is 25.3 Å². The van der Waals surface area contributed by atoms with Crippen molar-refractivity contribution in [2.24, 2.45) is 5.73 Å². The number of hydrogen-bond acceptors (Lipinski definition) is 3. The molecule has 0 saturated heterocycles. The second-order valence-corrected chi connectivity index (χ2v) is 6.11. The molecule has 2 rings (SSSR count). The van der Waals surface area contributed by atoms with E-state index in [1.165, 1.54) is 10.5 Å². The number of thioether (sulfide) groups is 1. The number of hydrogen-bond donors (Lipinski definition) is 1. The van der Waals surface area contributed by atoms with Gasteiger partial charge in [-0.05, 0) is 25.5 Å². The molecule has 0 fully saturated rings. The van der Waals surface area contributed by atoms with Gasteiger partial charge in [-0.3, -0.25) is 0 Å². The van der Waals surface area contributed by atoms with Crippen LogP contribution in [0.25, 0.3) is 0 Å². The van der Waals surface area contributed by atoms with Crippen molar-refractivity contribution in [2.45, 2.75) is 30.2 Å². The fraction of sp³-hybridized carbons (Fsp3) is 0.538. The molecule has 0 spiro atoms. The molecule has 0 aliphatic carbocycles. The van der Waals surface area contributed by atoms with E-state index in [1.54, 1.807) is 0 Å². The Balaban J connectivity index is 1.89. The van der Waals surface area contributed by atoms with Crippen LogP contribution in [0.5, 0.6) is 0 Å². The lowest BCUT2D eigenvalue weighted by Gasteiger charge is -2.20. The summed E-state index contributed by atoms with van der Waals surface area (Å²) in [4.78, 5) is 1.41. The van der Waals surface area contributed by atoms with Crippen molar-refractivity contribution >= 4 is 11.8 Å². The predicted molar refractivity (Wildman–Crippen MR) is 69.0 cm³/mol. The highest BCUT2D eigenvalue weighted by Crippen LogP contribution is 2.39. The van der Waals surface area contributed by atoms with Gasteiger partial charge in [-0.25, -0.2) is 0 Å². The van der Waals surface area contributed by atoms with Gasteiger partial charge < -0.3 is 10.5 Å². The molecule has 0 aromatic heterocycles. The van der Waals surface area contributed by atoms with Crippen LogP contribution in [0.4, 0.5) is 0 Å². The summed E-state index contributed by atoms with van der Waals surface area (Å²) >= 11 is 1.92. The van der Waals surface area contributed by atoms with E-state index in [-0.39, 0.29) is 5.54 Å². The van der Waals surface area contributed by atoms with Gasteiger partial charge in [0.25, 0.3) is 0 Å². The van der Waals surface area contributed by atoms with Crippen LogP contribution in [0.2, 0.25) is 0 Å².